The van der Waals surface area contributed by atoms with Gasteiger partial charge in [0, 0.05) is 25.1 Å². The minimum absolute atomic E-state index is 0.506. The lowest BCUT2D eigenvalue weighted by Gasteiger charge is -2.18. The third-order valence-electron chi connectivity index (χ3n) is 6.15. The highest BCUT2D eigenvalue weighted by Crippen LogP contribution is 2.36. The van der Waals surface area contributed by atoms with E-state index >= 15 is 0 Å². The monoisotopic (exact) mass is 467 g/mol. The third-order valence-corrected chi connectivity index (χ3v) is 6.15. The fourth-order valence-corrected chi connectivity index (χ4v) is 4.41. The minimum atomic E-state index is 0.506. The molecule has 0 saturated heterocycles. The number of fused-ring (bicyclic) bond motifs is 1. The van der Waals surface area contributed by atoms with Gasteiger partial charge in [0.15, 0.2) is 17.1 Å². The molecule has 6 heteroatoms. The van der Waals surface area contributed by atoms with E-state index in [1.165, 1.54) is 11.1 Å². The summed E-state index contributed by atoms with van der Waals surface area (Å²) in [5.41, 5.74) is 4.67. The van der Waals surface area contributed by atoms with Crippen LogP contribution in [0.1, 0.15) is 49.8 Å². The zero-order chi connectivity index (χ0) is 23.5. The predicted molar refractivity (Wildman–Crippen MR) is 133 cm³/mol. The maximum atomic E-state index is 6.21. The first-order valence-corrected chi connectivity index (χ1v) is 11.9. The topological polar surface area (TPSA) is 63.0 Å². The number of hydrogen-bond acceptors (Lipinski definition) is 6. The van der Waals surface area contributed by atoms with Crippen molar-refractivity contribution in [3.05, 3.63) is 114 Å². The van der Waals surface area contributed by atoms with Crippen LogP contribution in [0.15, 0.2) is 107 Å². The lowest BCUT2D eigenvalue weighted by atomic mass is 10.0. The van der Waals surface area contributed by atoms with Crippen LogP contribution in [-0.4, -0.2) is 4.98 Å². The summed E-state index contributed by atoms with van der Waals surface area (Å²) in [6.45, 7) is 0. The van der Waals surface area contributed by atoms with E-state index in [2.05, 4.69) is 41.4 Å². The van der Waals surface area contributed by atoms with Crippen molar-refractivity contribution >= 4 is 22.6 Å². The van der Waals surface area contributed by atoms with E-state index in [4.69, 9.17) is 23.4 Å². The Morgan fingerprint density at radius 2 is 1.43 bits per heavy atom. The van der Waals surface area contributed by atoms with Gasteiger partial charge in [0.2, 0.25) is 5.76 Å². The first-order valence-electron chi connectivity index (χ1n) is 11.9. The van der Waals surface area contributed by atoms with Crippen LogP contribution in [-0.2, 0) is 18.9 Å². The molecule has 0 atom stereocenters. The number of aromatic nitrogens is 1. The Kier molecular flexibility index (Phi) is 5.85. The van der Waals surface area contributed by atoms with E-state index in [1.54, 1.807) is 31.2 Å². The highest BCUT2D eigenvalue weighted by atomic mass is 16.6. The Hall–Kier alpha value is -4.19. The molecule has 35 heavy (non-hydrogen) atoms. The second kappa shape index (κ2) is 9.58. The summed E-state index contributed by atoms with van der Waals surface area (Å²) in [5, 5.41) is 0. The van der Waals surface area contributed by atoms with E-state index in [-0.39, 0.29) is 0 Å². The lowest BCUT2D eigenvalue weighted by Crippen LogP contribution is -2.02. The average molecular weight is 468 g/mol. The van der Waals surface area contributed by atoms with Gasteiger partial charge in [0.05, 0.1) is 5.56 Å². The molecule has 6 rings (SSSR count). The Balaban J connectivity index is 1.20. The van der Waals surface area contributed by atoms with Crippen molar-refractivity contribution in [3.63, 3.8) is 0 Å². The summed E-state index contributed by atoms with van der Waals surface area (Å²) in [4.78, 5) is 4.47. The van der Waals surface area contributed by atoms with Gasteiger partial charge in [-0.15, -0.1) is 0 Å². The van der Waals surface area contributed by atoms with E-state index in [0.29, 0.717) is 41.2 Å². The second-order valence-corrected chi connectivity index (χ2v) is 8.73. The van der Waals surface area contributed by atoms with Crippen molar-refractivity contribution in [1.29, 1.82) is 0 Å². The SMILES string of the molecule is C1=CCCC(CC2=COC=C(c3cc4nccc(C5=COC=C(CC6=CC=CCC6)O5)c4o3)O2)=C1. The van der Waals surface area contributed by atoms with E-state index in [1.807, 2.05) is 12.1 Å². The maximum Gasteiger partial charge on any atom is 0.204 e. The highest BCUT2D eigenvalue weighted by Gasteiger charge is 2.22. The fraction of sp³-hybridized carbons (Fsp3) is 0.207. The quantitative estimate of drug-likeness (QED) is 0.437. The maximum absolute atomic E-state index is 6.21. The van der Waals surface area contributed by atoms with Crippen LogP contribution < -0.4 is 0 Å². The van der Waals surface area contributed by atoms with Crippen molar-refractivity contribution in [2.75, 3.05) is 0 Å². The molecule has 0 bridgehead atoms. The van der Waals surface area contributed by atoms with Crippen LogP contribution in [0.3, 0.4) is 0 Å². The Morgan fingerprint density at radius 1 is 0.771 bits per heavy atom. The minimum Gasteiger partial charge on any atom is -0.465 e. The molecule has 0 unspecified atom stereocenters. The molecule has 2 aromatic rings. The van der Waals surface area contributed by atoms with Crippen LogP contribution >= 0.6 is 0 Å². The third kappa shape index (κ3) is 4.73. The molecule has 4 aliphatic rings. The van der Waals surface area contributed by atoms with Gasteiger partial charge in [0.1, 0.15) is 42.1 Å². The smallest absolute Gasteiger partial charge is 0.204 e. The number of pyridine rings is 1. The Morgan fingerprint density at radius 3 is 2.09 bits per heavy atom. The second-order valence-electron chi connectivity index (χ2n) is 8.73. The molecule has 0 fully saturated rings. The van der Waals surface area contributed by atoms with Gasteiger partial charge < -0.3 is 23.4 Å². The van der Waals surface area contributed by atoms with Gasteiger partial charge in [-0.25, -0.2) is 0 Å². The molecule has 0 aromatic carbocycles. The predicted octanol–water partition coefficient (Wildman–Crippen LogP) is 7.53. The van der Waals surface area contributed by atoms with Crippen molar-refractivity contribution in [2.45, 2.75) is 38.5 Å². The van der Waals surface area contributed by atoms with Crippen LogP contribution in [0.4, 0.5) is 0 Å². The van der Waals surface area contributed by atoms with Gasteiger partial charge >= 0.3 is 0 Å². The normalized spacial score (nSPS) is 19.2. The van der Waals surface area contributed by atoms with Crippen molar-refractivity contribution in [3.8, 4) is 0 Å². The molecule has 6 nitrogen and oxygen atoms in total. The van der Waals surface area contributed by atoms with E-state index in [9.17, 15) is 0 Å². The summed E-state index contributed by atoms with van der Waals surface area (Å²) in [6.07, 6.45) is 26.5. The summed E-state index contributed by atoms with van der Waals surface area (Å²) in [5.74, 6) is 3.12. The molecule has 176 valence electrons. The van der Waals surface area contributed by atoms with Gasteiger partial charge in [-0.2, -0.15) is 0 Å². The van der Waals surface area contributed by atoms with Crippen LogP contribution in [0.5, 0.6) is 0 Å². The molecule has 4 heterocycles. The number of rotatable bonds is 6. The number of furan rings is 1. The first kappa shape index (κ1) is 21.4. The molecule has 0 N–H and O–H groups in total. The lowest BCUT2D eigenvalue weighted by molar-refractivity contribution is 0.266. The summed E-state index contributed by atoms with van der Waals surface area (Å²) in [7, 11) is 0. The van der Waals surface area contributed by atoms with Crippen LogP contribution in [0.2, 0.25) is 0 Å². The zero-order valence-electron chi connectivity index (χ0n) is 19.2. The molecule has 0 saturated carbocycles. The molecule has 2 aromatic heterocycles. The number of ether oxygens (including phenoxy) is 4. The van der Waals surface area contributed by atoms with Gasteiger partial charge in [-0.1, -0.05) is 47.6 Å². The standard InChI is InChI=1S/C29H25NO5/c1-3-7-20(8-4-1)13-22-16-31-18-27(33-22)24-11-12-30-25-15-26(35-29(24)25)28-19-32-17-23(34-28)14-21-9-5-2-6-10-21/h1-3,5,7,9,11-12,15-19H,4,6,8,10,13-14H2. The number of allylic oxidation sites excluding steroid dienone is 8. The molecule has 0 amide bonds. The van der Waals surface area contributed by atoms with Crippen LogP contribution in [0.25, 0.3) is 22.6 Å². The largest absolute Gasteiger partial charge is 0.465 e. The van der Waals surface area contributed by atoms with Gasteiger partial charge in [0.25, 0.3) is 0 Å². The summed E-state index contributed by atoms with van der Waals surface area (Å²) < 4.78 is 29.7. The van der Waals surface area contributed by atoms with Crippen molar-refractivity contribution < 1.29 is 23.4 Å². The Labute approximate surface area is 203 Å². The molecule has 0 radical (unpaired) electrons. The summed E-state index contributed by atoms with van der Waals surface area (Å²) >= 11 is 0. The summed E-state index contributed by atoms with van der Waals surface area (Å²) in [6, 6.07) is 3.71. The highest BCUT2D eigenvalue weighted by molar-refractivity contribution is 5.87. The molecular weight excluding hydrogens is 442 g/mol. The van der Waals surface area contributed by atoms with Crippen LogP contribution in [0, 0.1) is 0 Å². The number of hydrogen-bond donors (Lipinski definition) is 0. The Bertz CT molecular complexity index is 1390. The molecular formula is C29H25NO5. The van der Waals surface area contributed by atoms with Gasteiger partial charge in [-0.3, -0.25) is 4.98 Å². The van der Waals surface area contributed by atoms with Gasteiger partial charge in [-0.05, 0) is 31.7 Å². The molecule has 2 aliphatic carbocycles. The number of nitrogens with zero attached hydrogens (tertiary/aromatic N) is 1. The van der Waals surface area contributed by atoms with E-state index in [0.717, 1.165) is 42.8 Å². The average Bonchev–Trinajstić information content (AvgIpc) is 3.35. The van der Waals surface area contributed by atoms with Crippen molar-refractivity contribution in [1.82, 2.24) is 4.98 Å². The fourth-order valence-electron chi connectivity index (χ4n) is 4.41. The van der Waals surface area contributed by atoms with E-state index < -0.39 is 0 Å². The van der Waals surface area contributed by atoms with Crippen molar-refractivity contribution in [2.24, 2.45) is 0 Å². The molecule has 2 aliphatic heterocycles. The zero-order valence-corrected chi connectivity index (χ0v) is 19.2. The first-order chi connectivity index (χ1) is 17.3. The molecule has 0 spiro atoms.